The van der Waals surface area contributed by atoms with Crippen molar-refractivity contribution < 1.29 is 29.3 Å². The van der Waals surface area contributed by atoms with E-state index in [1.165, 1.54) is 0 Å². The van der Waals surface area contributed by atoms with E-state index >= 15 is 0 Å². The Balaban J connectivity index is 0.000000347. The maximum Gasteiger partial charge on any atom is 0.317 e. The number of fused-ring (bicyclic) bond motifs is 1. The Hall–Kier alpha value is -2.32. The molecule has 2 rings (SSSR count). The van der Waals surface area contributed by atoms with Gasteiger partial charge in [-0.15, -0.1) is 0 Å². The van der Waals surface area contributed by atoms with Gasteiger partial charge in [0, 0.05) is 6.04 Å². The maximum absolute atomic E-state index is 10.5. The van der Waals surface area contributed by atoms with Crippen LogP contribution in [-0.4, -0.2) is 35.5 Å². The molecular weight excluding hydrogens is 268 g/mol. The number of aliphatic carboxylic acids is 2. The largest absolute Gasteiger partial charge is 0.481 e. The van der Waals surface area contributed by atoms with Gasteiger partial charge in [-0.3, -0.25) is 9.59 Å². The molecule has 1 aromatic carbocycles. The fraction of sp³-hybridized carbons (Fsp3) is 0.333. The number of hydrogen-bond acceptors (Lipinski definition) is 6. The summed E-state index contributed by atoms with van der Waals surface area (Å²) in [5.41, 5.74) is 11.0. The number of rotatable bonds is 4. The summed E-state index contributed by atoms with van der Waals surface area (Å²) in [6, 6.07) is 4.69. The van der Waals surface area contributed by atoms with Gasteiger partial charge >= 0.3 is 11.9 Å². The van der Waals surface area contributed by atoms with Crippen molar-refractivity contribution in [3.63, 3.8) is 0 Å². The van der Waals surface area contributed by atoms with Gasteiger partial charge in [-0.05, 0) is 17.7 Å². The SMILES string of the molecule is NC(CC(=O)O)c1ccc2c(c1)OCO2.NCC(=O)O. The van der Waals surface area contributed by atoms with E-state index in [2.05, 4.69) is 5.73 Å². The molecule has 8 heteroatoms. The summed E-state index contributed by atoms with van der Waals surface area (Å²) < 4.78 is 10.3. The highest BCUT2D eigenvalue weighted by Crippen LogP contribution is 2.34. The van der Waals surface area contributed by atoms with Crippen molar-refractivity contribution >= 4 is 11.9 Å². The summed E-state index contributed by atoms with van der Waals surface area (Å²) in [4.78, 5) is 19.7. The fourth-order valence-corrected chi connectivity index (χ4v) is 1.45. The monoisotopic (exact) mass is 284 g/mol. The van der Waals surface area contributed by atoms with Crippen molar-refractivity contribution in [3.05, 3.63) is 23.8 Å². The van der Waals surface area contributed by atoms with E-state index in [1.54, 1.807) is 18.2 Å². The number of ether oxygens (including phenoxy) is 2. The summed E-state index contributed by atoms with van der Waals surface area (Å²) >= 11 is 0. The number of carbonyl (C=O) groups is 2. The Morgan fingerprint density at radius 1 is 1.20 bits per heavy atom. The Morgan fingerprint density at radius 3 is 2.35 bits per heavy atom. The Kier molecular flexibility index (Phi) is 5.75. The number of hydrogen-bond donors (Lipinski definition) is 4. The molecule has 0 aliphatic carbocycles. The van der Waals surface area contributed by atoms with E-state index in [0.29, 0.717) is 11.5 Å². The van der Waals surface area contributed by atoms with Gasteiger partial charge in [0.2, 0.25) is 6.79 Å². The second-order valence-corrected chi connectivity index (χ2v) is 3.91. The third-order valence-electron chi connectivity index (χ3n) is 2.39. The van der Waals surface area contributed by atoms with Crippen molar-refractivity contribution in [1.82, 2.24) is 0 Å². The molecule has 1 heterocycles. The van der Waals surface area contributed by atoms with Gasteiger partial charge in [-0.1, -0.05) is 6.07 Å². The third-order valence-corrected chi connectivity index (χ3v) is 2.39. The predicted octanol–water partition coefficient (Wildman–Crippen LogP) is -0.0805. The van der Waals surface area contributed by atoms with E-state index < -0.39 is 18.0 Å². The maximum atomic E-state index is 10.5. The van der Waals surface area contributed by atoms with Crippen LogP contribution in [0, 0.1) is 0 Å². The fourth-order valence-electron chi connectivity index (χ4n) is 1.45. The molecule has 1 atom stereocenters. The van der Waals surface area contributed by atoms with Crippen LogP contribution in [0.5, 0.6) is 11.5 Å². The highest BCUT2D eigenvalue weighted by molar-refractivity contribution is 5.68. The first kappa shape index (κ1) is 15.7. The lowest BCUT2D eigenvalue weighted by atomic mass is 10.0. The zero-order chi connectivity index (χ0) is 15.1. The second-order valence-electron chi connectivity index (χ2n) is 3.91. The molecule has 1 aromatic rings. The van der Waals surface area contributed by atoms with Gasteiger partial charge in [-0.25, -0.2) is 0 Å². The van der Waals surface area contributed by atoms with E-state index in [0.717, 1.165) is 5.56 Å². The molecule has 0 aromatic heterocycles. The molecular formula is C12H16N2O6. The van der Waals surface area contributed by atoms with Gasteiger partial charge in [0.05, 0.1) is 13.0 Å². The summed E-state index contributed by atoms with van der Waals surface area (Å²) in [5, 5.41) is 16.2. The smallest absolute Gasteiger partial charge is 0.317 e. The minimum Gasteiger partial charge on any atom is -0.481 e. The van der Waals surface area contributed by atoms with Gasteiger partial charge in [-0.2, -0.15) is 0 Å². The molecule has 0 amide bonds. The summed E-state index contributed by atoms with van der Waals surface area (Å²) in [5.74, 6) is -0.597. The first-order chi connectivity index (χ1) is 9.43. The van der Waals surface area contributed by atoms with E-state index in [9.17, 15) is 9.59 Å². The zero-order valence-electron chi connectivity index (χ0n) is 10.6. The molecule has 0 saturated carbocycles. The molecule has 0 spiro atoms. The van der Waals surface area contributed by atoms with Crippen molar-refractivity contribution in [2.75, 3.05) is 13.3 Å². The van der Waals surface area contributed by atoms with Crippen LogP contribution in [0.2, 0.25) is 0 Å². The highest BCUT2D eigenvalue weighted by Gasteiger charge is 2.17. The van der Waals surface area contributed by atoms with E-state index in [4.69, 9.17) is 25.4 Å². The topological polar surface area (TPSA) is 145 Å². The summed E-state index contributed by atoms with van der Waals surface area (Å²) in [6.07, 6.45) is -0.0976. The first-order valence-electron chi connectivity index (χ1n) is 5.72. The van der Waals surface area contributed by atoms with Crippen LogP contribution in [-0.2, 0) is 9.59 Å². The molecule has 0 radical (unpaired) electrons. The summed E-state index contributed by atoms with van der Waals surface area (Å²) in [7, 11) is 0. The lowest BCUT2D eigenvalue weighted by Gasteiger charge is -2.09. The average molecular weight is 284 g/mol. The molecule has 1 unspecified atom stereocenters. The zero-order valence-corrected chi connectivity index (χ0v) is 10.6. The van der Waals surface area contributed by atoms with Gasteiger partial charge in [0.1, 0.15) is 0 Å². The lowest BCUT2D eigenvalue weighted by molar-refractivity contribution is -0.137. The Labute approximate surface area is 114 Å². The van der Waals surface area contributed by atoms with Crippen molar-refractivity contribution in [2.45, 2.75) is 12.5 Å². The Bertz CT molecular complexity index is 491. The molecule has 110 valence electrons. The van der Waals surface area contributed by atoms with Gasteiger partial charge in [0.15, 0.2) is 11.5 Å². The third kappa shape index (κ3) is 4.75. The van der Waals surface area contributed by atoms with Crippen LogP contribution in [0.3, 0.4) is 0 Å². The number of carboxylic acid groups (broad SMARTS) is 2. The lowest BCUT2D eigenvalue weighted by Crippen LogP contribution is -2.14. The molecule has 6 N–H and O–H groups in total. The van der Waals surface area contributed by atoms with Gasteiger partial charge < -0.3 is 31.2 Å². The van der Waals surface area contributed by atoms with Crippen molar-refractivity contribution in [3.8, 4) is 11.5 Å². The first-order valence-corrected chi connectivity index (χ1v) is 5.72. The number of carboxylic acids is 2. The van der Waals surface area contributed by atoms with Crippen molar-refractivity contribution in [2.24, 2.45) is 11.5 Å². The number of nitrogens with two attached hydrogens (primary N) is 2. The van der Waals surface area contributed by atoms with E-state index in [-0.39, 0.29) is 19.8 Å². The van der Waals surface area contributed by atoms with Gasteiger partial charge in [0.25, 0.3) is 0 Å². The molecule has 0 saturated heterocycles. The number of benzene rings is 1. The molecule has 1 aliphatic rings. The van der Waals surface area contributed by atoms with Crippen LogP contribution in [0.4, 0.5) is 0 Å². The molecule has 20 heavy (non-hydrogen) atoms. The standard InChI is InChI=1S/C10H11NO4.C2H5NO2/c11-7(4-10(12)13)6-1-2-8-9(3-6)15-5-14-8;3-1-2(4)5/h1-3,7H,4-5,11H2,(H,12,13);1,3H2,(H,4,5). The molecule has 1 aliphatic heterocycles. The van der Waals surface area contributed by atoms with E-state index in [1.807, 2.05) is 0 Å². The second kappa shape index (κ2) is 7.31. The van der Waals surface area contributed by atoms with Crippen LogP contribution in [0.1, 0.15) is 18.0 Å². The molecule has 8 nitrogen and oxygen atoms in total. The minimum absolute atomic E-state index is 0.0976. The highest BCUT2D eigenvalue weighted by atomic mass is 16.7. The quantitative estimate of drug-likeness (QED) is 0.600. The van der Waals surface area contributed by atoms with Crippen molar-refractivity contribution in [1.29, 1.82) is 0 Å². The Morgan fingerprint density at radius 2 is 1.80 bits per heavy atom. The molecule has 0 fully saturated rings. The summed E-state index contributed by atoms with van der Waals surface area (Å²) in [6.45, 7) is -0.0764. The predicted molar refractivity (Wildman–Crippen MR) is 68.4 cm³/mol. The van der Waals surface area contributed by atoms with Crippen LogP contribution in [0.15, 0.2) is 18.2 Å². The van der Waals surface area contributed by atoms with Crippen LogP contribution in [0.25, 0.3) is 0 Å². The van der Waals surface area contributed by atoms with Crippen LogP contribution >= 0.6 is 0 Å². The minimum atomic E-state index is -0.968. The van der Waals surface area contributed by atoms with Crippen LogP contribution < -0.4 is 20.9 Å². The normalized spacial score (nSPS) is 13.1. The molecule has 0 bridgehead atoms. The average Bonchev–Trinajstić information content (AvgIpc) is 2.85.